The number of nitrogens with two attached hydrogens (primary N) is 1. The van der Waals surface area contributed by atoms with Gasteiger partial charge in [0.2, 0.25) is 0 Å². The molecule has 0 aliphatic heterocycles. The van der Waals surface area contributed by atoms with Gasteiger partial charge >= 0.3 is 0 Å². The molecule has 1 heteroatoms. The van der Waals surface area contributed by atoms with E-state index in [0.717, 1.165) is 12.1 Å². The first-order chi connectivity index (χ1) is 7.11. The van der Waals surface area contributed by atoms with E-state index in [1.54, 1.807) is 0 Å². The zero-order valence-corrected chi connectivity index (χ0v) is 9.33. The Hall–Kier alpha value is -1.26. The molecule has 78 valence electrons. The molecule has 1 aromatic rings. The Labute approximate surface area is 91.7 Å². The van der Waals surface area contributed by atoms with Crippen molar-refractivity contribution in [3.8, 4) is 12.3 Å². The molecular weight excluding hydrogens is 182 g/mol. The van der Waals surface area contributed by atoms with Crippen molar-refractivity contribution in [3.63, 3.8) is 0 Å². The van der Waals surface area contributed by atoms with Crippen LogP contribution in [-0.2, 0) is 0 Å². The summed E-state index contributed by atoms with van der Waals surface area (Å²) in [5, 5.41) is 0. The second-order valence-electron chi connectivity index (χ2n) is 4.91. The summed E-state index contributed by atoms with van der Waals surface area (Å²) in [5.41, 5.74) is 8.43. The molecule has 1 aliphatic carbocycles. The van der Waals surface area contributed by atoms with Gasteiger partial charge in [0.25, 0.3) is 0 Å². The lowest BCUT2D eigenvalue weighted by molar-refractivity contribution is 0.558. The molecule has 2 atom stereocenters. The molecular formula is C14H17N. The lowest BCUT2D eigenvalue weighted by Crippen LogP contribution is -2.05. The molecule has 0 unspecified atom stereocenters. The zero-order chi connectivity index (χ0) is 11.1. The van der Waals surface area contributed by atoms with Crippen LogP contribution in [0, 0.1) is 23.7 Å². The minimum absolute atomic E-state index is 0.354. The molecule has 1 nitrogen and oxygen atoms in total. The van der Waals surface area contributed by atoms with Gasteiger partial charge in [-0.15, -0.1) is 6.42 Å². The van der Waals surface area contributed by atoms with Crippen molar-refractivity contribution in [2.75, 3.05) is 6.54 Å². The average molecular weight is 199 g/mol. The van der Waals surface area contributed by atoms with Crippen LogP contribution in [0.3, 0.4) is 0 Å². The number of benzene rings is 1. The Morgan fingerprint density at radius 2 is 1.93 bits per heavy atom. The standard InChI is InChI=1S/C14H17N/c1-4-10-5-7-11(8-6-10)13-12(9-15)14(13,2)3/h1,5-8,12-13H,9,15H2,2-3H3/t12-,13-/m0/s1. The molecule has 0 amide bonds. The Morgan fingerprint density at radius 3 is 2.33 bits per heavy atom. The fourth-order valence-corrected chi connectivity index (χ4v) is 2.63. The van der Waals surface area contributed by atoms with Gasteiger partial charge in [-0.3, -0.25) is 0 Å². The monoisotopic (exact) mass is 199 g/mol. The first kappa shape index (κ1) is 10.3. The molecule has 15 heavy (non-hydrogen) atoms. The zero-order valence-electron chi connectivity index (χ0n) is 9.33. The molecule has 0 saturated heterocycles. The maximum atomic E-state index is 5.76. The van der Waals surface area contributed by atoms with Crippen molar-refractivity contribution < 1.29 is 0 Å². The SMILES string of the molecule is C#Cc1ccc([C@H]2[C@H](CN)C2(C)C)cc1. The summed E-state index contributed by atoms with van der Waals surface area (Å²) in [5.74, 6) is 3.86. The molecule has 2 rings (SSSR count). The predicted octanol–water partition coefficient (Wildman–Crippen LogP) is 2.37. The maximum absolute atomic E-state index is 5.76. The van der Waals surface area contributed by atoms with E-state index in [1.165, 1.54) is 5.56 Å². The van der Waals surface area contributed by atoms with Crippen LogP contribution in [-0.4, -0.2) is 6.54 Å². The van der Waals surface area contributed by atoms with Gasteiger partial charge in [0.15, 0.2) is 0 Å². The van der Waals surface area contributed by atoms with Gasteiger partial charge in [-0.2, -0.15) is 0 Å². The van der Waals surface area contributed by atoms with Crippen molar-refractivity contribution in [1.29, 1.82) is 0 Å². The minimum Gasteiger partial charge on any atom is -0.330 e. The van der Waals surface area contributed by atoms with Crippen LogP contribution in [0.4, 0.5) is 0 Å². The summed E-state index contributed by atoms with van der Waals surface area (Å²) < 4.78 is 0. The quantitative estimate of drug-likeness (QED) is 0.727. The molecule has 0 spiro atoms. The second kappa shape index (κ2) is 3.40. The summed E-state index contributed by atoms with van der Waals surface area (Å²) in [7, 11) is 0. The number of rotatable bonds is 2. The predicted molar refractivity (Wildman–Crippen MR) is 63.4 cm³/mol. The Bertz CT molecular complexity index is 394. The van der Waals surface area contributed by atoms with Crippen LogP contribution < -0.4 is 5.73 Å². The van der Waals surface area contributed by atoms with E-state index >= 15 is 0 Å². The molecule has 0 aromatic heterocycles. The summed E-state index contributed by atoms with van der Waals surface area (Å²) in [6.45, 7) is 5.34. The van der Waals surface area contributed by atoms with Crippen molar-refractivity contribution in [1.82, 2.24) is 0 Å². The summed E-state index contributed by atoms with van der Waals surface area (Å²) in [4.78, 5) is 0. The summed E-state index contributed by atoms with van der Waals surface area (Å²) >= 11 is 0. The highest BCUT2D eigenvalue weighted by molar-refractivity contribution is 5.39. The first-order valence-electron chi connectivity index (χ1n) is 5.38. The van der Waals surface area contributed by atoms with Gasteiger partial charge in [0.1, 0.15) is 0 Å². The first-order valence-corrected chi connectivity index (χ1v) is 5.38. The van der Waals surface area contributed by atoms with E-state index in [4.69, 9.17) is 12.2 Å². The molecule has 1 fully saturated rings. The van der Waals surface area contributed by atoms with E-state index in [-0.39, 0.29) is 0 Å². The van der Waals surface area contributed by atoms with E-state index in [0.29, 0.717) is 17.3 Å². The fourth-order valence-electron chi connectivity index (χ4n) is 2.63. The van der Waals surface area contributed by atoms with E-state index in [2.05, 4.69) is 31.9 Å². The lowest BCUT2D eigenvalue weighted by Gasteiger charge is -2.02. The molecule has 1 aliphatic rings. The topological polar surface area (TPSA) is 26.0 Å². The Morgan fingerprint density at radius 1 is 1.33 bits per heavy atom. The van der Waals surface area contributed by atoms with Crippen LogP contribution in [0.25, 0.3) is 0 Å². The van der Waals surface area contributed by atoms with Crippen molar-refractivity contribution >= 4 is 0 Å². The van der Waals surface area contributed by atoms with E-state index in [1.807, 2.05) is 12.1 Å². The van der Waals surface area contributed by atoms with Crippen molar-refractivity contribution in [2.45, 2.75) is 19.8 Å². The highest BCUT2D eigenvalue weighted by atomic mass is 14.7. The Kier molecular flexibility index (Phi) is 2.32. The smallest absolute Gasteiger partial charge is 0.0242 e. The van der Waals surface area contributed by atoms with Gasteiger partial charge < -0.3 is 5.73 Å². The van der Waals surface area contributed by atoms with Gasteiger partial charge in [-0.1, -0.05) is 31.9 Å². The molecule has 0 radical (unpaired) electrons. The molecule has 1 aromatic carbocycles. The highest BCUT2D eigenvalue weighted by Crippen LogP contribution is 2.63. The van der Waals surface area contributed by atoms with Crippen LogP contribution in [0.2, 0.25) is 0 Å². The lowest BCUT2D eigenvalue weighted by atomic mass is 10.0. The number of hydrogen-bond acceptors (Lipinski definition) is 1. The second-order valence-corrected chi connectivity index (χ2v) is 4.91. The third-order valence-electron chi connectivity index (χ3n) is 3.74. The van der Waals surface area contributed by atoms with Gasteiger partial charge in [0.05, 0.1) is 0 Å². The third kappa shape index (κ3) is 1.56. The number of hydrogen-bond donors (Lipinski definition) is 1. The molecule has 0 heterocycles. The minimum atomic E-state index is 0.354. The fraction of sp³-hybridized carbons (Fsp3) is 0.429. The van der Waals surface area contributed by atoms with Crippen LogP contribution in [0.5, 0.6) is 0 Å². The highest BCUT2D eigenvalue weighted by Gasteiger charge is 2.56. The molecule has 0 bridgehead atoms. The van der Waals surface area contributed by atoms with Crippen molar-refractivity contribution in [2.24, 2.45) is 17.1 Å². The van der Waals surface area contributed by atoms with E-state index in [9.17, 15) is 0 Å². The largest absolute Gasteiger partial charge is 0.330 e. The summed E-state index contributed by atoms with van der Waals surface area (Å²) in [6, 6.07) is 8.29. The normalized spacial score (nSPS) is 27.1. The van der Waals surface area contributed by atoms with E-state index < -0.39 is 0 Å². The Balaban J connectivity index is 2.23. The van der Waals surface area contributed by atoms with Crippen molar-refractivity contribution in [3.05, 3.63) is 35.4 Å². The average Bonchev–Trinajstić information content (AvgIpc) is 2.80. The van der Waals surface area contributed by atoms with Crippen LogP contribution >= 0.6 is 0 Å². The number of terminal acetylenes is 1. The van der Waals surface area contributed by atoms with Gasteiger partial charge in [-0.25, -0.2) is 0 Å². The van der Waals surface area contributed by atoms with Crippen LogP contribution in [0.1, 0.15) is 30.9 Å². The molecule has 1 saturated carbocycles. The molecule has 2 N–H and O–H groups in total. The van der Waals surface area contributed by atoms with Crippen LogP contribution in [0.15, 0.2) is 24.3 Å². The van der Waals surface area contributed by atoms with Gasteiger partial charge in [0, 0.05) is 5.56 Å². The third-order valence-corrected chi connectivity index (χ3v) is 3.74. The summed E-state index contributed by atoms with van der Waals surface area (Å²) in [6.07, 6.45) is 5.33. The van der Waals surface area contributed by atoms with Gasteiger partial charge in [-0.05, 0) is 41.5 Å². The maximum Gasteiger partial charge on any atom is 0.0242 e.